The van der Waals surface area contributed by atoms with Crippen LogP contribution in [0.1, 0.15) is 27.7 Å². The van der Waals surface area contributed by atoms with Crippen LogP contribution in [0, 0.1) is 5.41 Å². The molecular formula is C11H18F3NO4S. The summed E-state index contributed by atoms with van der Waals surface area (Å²) in [6.45, 7) is 8.41. The van der Waals surface area contributed by atoms with Gasteiger partial charge in [-0.3, -0.25) is 0 Å². The molecule has 0 rings (SSSR count). The molecule has 0 aromatic rings. The molecule has 5 nitrogen and oxygen atoms in total. The minimum absolute atomic E-state index is 0.399. The third-order valence-corrected chi connectivity index (χ3v) is 3.96. The average Bonchev–Trinajstić information content (AvgIpc) is 2.21. The molecule has 0 unspecified atom stereocenters. The largest absolute Gasteiger partial charge is 0.461 e. The molecule has 0 bridgehead atoms. The van der Waals surface area contributed by atoms with Gasteiger partial charge >= 0.3 is 12.1 Å². The zero-order valence-electron chi connectivity index (χ0n) is 11.6. The van der Waals surface area contributed by atoms with Crippen molar-refractivity contribution in [1.82, 2.24) is 4.72 Å². The fourth-order valence-electron chi connectivity index (χ4n) is 1.01. The number of halogens is 3. The van der Waals surface area contributed by atoms with E-state index in [2.05, 4.69) is 16.0 Å². The van der Waals surface area contributed by atoms with Crippen LogP contribution in [0.4, 0.5) is 13.2 Å². The molecule has 118 valence electrons. The van der Waals surface area contributed by atoms with E-state index in [0.717, 1.165) is 0 Å². The van der Waals surface area contributed by atoms with Gasteiger partial charge in [-0.1, -0.05) is 20.4 Å². The van der Waals surface area contributed by atoms with Gasteiger partial charge in [0.25, 0.3) is 0 Å². The molecule has 0 aromatic carbocycles. The van der Waals surface area contributed by atoms with Gasteiger partial charge in [-0.25, -0.2) is 17.9 Å². The first-order valence-corrected chi connectivity index (χ1v) is 6.74. The number of hydrogen-bond acceptors (Lipinski definition) is 4. The number of carbonyl (C=O) groups is 1. The quantitative estimate of drug-likeness (QED) is 0.443. The smallest absolute Gasteiger partial charge is 0.422 e. The van der Waals surface area contributed by atoms with Gasteiger partial charge in [-0.2, -0.15) is 13.2 Å². The van der Waals surface area contributed by atoms with Crippen molar-refractivity contribution in [2.75, 3.05) is 6.61 Å². The van der Waals surface area contributed by atoms with Crippen molar-refractivity contribution in [3.63, 3.8) is 0 Å². The third-order valence-electron chi connectivity index (χ3n) is 3.22. The average molecular weight is 317 g/mol. The van der Waals surface area contributed by atoms with Crippen LogP contribution in [0.15, 0.2) is 12.2 Å². The Hall–Kier alpha value is -1.09. The van der Waals surface area contributed by atoms with Crippen LogP contribution in [0.3, 0.4) is 0 Å². The highest BCUT2D eigenvalue weighted by molar-refractivity contribution is 7.70. The van der Waals surface area contributed by atoms with E-state index < -0.39 is 46.2 Å². The van der Waals surface area contributed by atoms with E-state index in [1.54, 1.807) is 13.8 Å². The standard InChI is InChI=1S/C11H18F3NO4S/c1-7(11(12,13)14)8(16)19-6-9(2,3)10(4,5)15-20(17)18/h20H,1,6H2,2-5H3,(H,15,17,18). The van der Waals surface area contributed by atoms with Gasteiger partial charge in [0.2, 0.25) is 10.9 Å². The van der Waals surface area contributed by atoms with Crippen LogP contribution in [-0.4, -0.2) is 32.7 Å². The maximum absolute atomic E-state index is 12.2. The summed E-state index contributed by atoms with van der Waals surface area (Å²) in [4.78, 5) is 11.2. The van der Waals surface area contributed by atoms with E-state index in [0.29, 0.717) is 0 Å². The Bertz CT molecular complexity index is 459. The molecule has 0 atom stereocenters. The molecule has 0 aliphatic heterocycles. The maximum atomic E-state index is 12.2. The molecule has 0 aliphatic carbocycles. The lowest BCUT2D eigenvalue weighted by Gasteiger charge is -2.40. The summed E-state index contributed by atoms with van der Waals surface area (Å²) in [5.41, 5.74) is -3.54. The Labute approximate surface area is 117 Å². The number of thiol groups is 1. The summed E-state index contributed by atoms with van der Waals surface area (Å²) >= 11 is 0. The lowest BCUT2D eigenvalue weighted by Crippen LogP contribution is -2.53. The highest BCUT2D eigenvalue weighted by atomic mass is 32.2. The van der Waals surface area contributed by atoms with Gasteiger partial charge in [0.1, 0.15) is 5.57 Å². The van der Waals surface area contributed by atoms with Crippen molar-refractivity contribution in [2.45, 2.75) is 39.4 Å². The first kappa shape index (κ1) is 18.9. The number of hydrogen-bond donors (Lipinski definition) is 2. The van der Waals surface area contributed by atoms with Crippen LogP contribution < -0.4 is 4.72 Å². The fraction of sp³-hybridized carbons (Fsp3) is 0.727. The molecule has 0 spiro atoms. The Balaban J connectivity index is 4.80. The number of carbonyl (C=O) groups excluding carboxylic acids is 1. The van der Waals surface area contributed by atoms with Gasteiger partial charge in [-0.15, -0.1) is 0 Å². The Morgan fingerprint density at radius 2 is 1.65 bits per heavy atom. The summed E-state index contributed by atoms with van der Waals surface area (Å²) in [6, 6.07) is 0. The summed E-state index contributed by atoms with van der Waals surface area (Å²) < 4.78 is 64.9. The normalized spacial score (nSPS) is 13.4. The number of nitrogens with one attached hydrogen (secondary N) is 1. The number of esters is 1. The highest BCUT2D eigenvalue weighted by Crippen LogP contribution is 2.32. The first-order valence-electron chi connectivity index (χ1n) is 5.56. The maximum Gasteiger partial charge on any atom is 0.422 e. The molecule has 0 heterocycles. The monoisotopic (exact) mass is 317 g/mol. The molecule has 0 radical (unpaired) electrons. The number of alkyl halides is 3. The Morgan fingerprint density at radius 3 is 2.00 bits per heavy atom. The van der Waals surface area contributed by atoms with Crippen molar-refractivity contribution >= 4 is 16.9 Å². The molecule has 20 heavy (non-hydrogen) atoms. The van der Waals surface area contributed by atoms with Gasteiger partial charge in [0.05, 0.1) is 6.61 Å². The second kappa shape index (κ2) is 6.13. The van der Waals surface area contributed by atoms with Crippen molar-refractivity contribution in [2.24, 2.45) is 5.41 Å². The van der Waals surface area contributed by atoms with Crippen LogP contribution in [0.5, 0.6) is 0 Å². The highest BCUT2D eigenvalue weighted by Gasteiger charge is 2.41. The predicted molar refractivity (Wildman–Crippen MR) is 67.5 cm³/mol. The van der Waals surface area contributed by atoms with Crippen LogP contribution >= 0.6 is 0 Å². The lowest BCUT2D eigenvalue weighted by atomic mass is 9.76. The number of rotatable bonds is 6. The second-order valence-electron chi connectivity index (χ2n) is 5.43. The molecule has 0 fully saturated rings. The van der Waals surface area contributed by atoms with E-state index in [1.165, 1.54) is 13.8 Å². The van der Waals surface area contributed by atoms with Crippen LogP contribution in [-0.2, 0) is 20.4 Å². The van der Waals surface area contributed by atoms with Gasteiger partial charge in [0.15, 0.2) is 0 Å². The van der Waals surface area contributed by atoms with Gasteiger partial charge < -0.3 is 4.74 Å². The second-order valence-corrected chi connectivity index (χ2v) is 6.17. The van der Waals surface area contributed by atoms with E-state index >= 15 is 0 Å². The zero-order valence-corrected chi connectivity index (χ0v) is 12.5. The lowest BCUT2D eigenvalue weighted by molar-refractivity contribution is -0.154. The SMILES string of the molecule is C=C(C(=O)OCC(C)(C)C(C)(C)N[SH](=O)=O)C(F)(F)F. The summed E-state index contributed by atoms with van der Waals surface area (Å²) in [5, 5.41) is 0. The van der Waals surface area contributed by atoms with E-state index in [1.807, 2.05) is 0 Å². The Morgan fingerprint density at radius 1 is 1.20 bits per heavy atom. The molecule has 0 saturated carbocycles. The van der Waals surface area contributed by atoms with Crippen molar-refractivity contribution in [3.8, 4) is 0 Å². The topological polar surface area (TPSA) is 72.5 Å². The van der Waals surface area contributed by atoms with E-state index in [9.17, 15) is 26.4 Å². The van der Waals surface area contributed by atoms with E-state index in [-0.39, 0.29) is 0 Å². The summed E-state index contributed by atoms with van der Waals surface area (Å²) in [5.74, 6) is -1.58. The molecule has 0 saturated heterocycles. The third kappa shape index (κ3) is 5.12. The van der Waals surface area contributed by atoms with Gasteiger partial charge in [-0.05, 0) is 13.8 Å². The minimum Gasteiger partial charge on any atom is -0.461 e. The molecule has 1 N–H and O–H groups in total. The van der Waals surface area contributed by atoms with Crippen LogP contribution in [0.25, 0.3) is 0 Å². The van der Waals surface area contributed by atoms with E-state index in [4.69, 9.17) is 0 Å². The summed E-state index contributed by atoms with van der Waals surface area (Å²) in [7, 11) is -2.90. The number of ether oxygens (including phenoxy) is 1. The Kier molecular flexibility index (Phi) is 5.79. The molecular weight excluding hydrogens is 299 g/mol. The molecule has 9 heteroatoms. The minimum atomic E-state index is -4.85. The van der Waals surface area contributed by atoms with Crippen LogP contribution in [0.2, 0.25) is 0 Å². The van der Waals surface area contributed by atoms with Crippen molar-refractivity contribution in [3.05, 3.63) is 12.2 Å². The van der Waals surface area contributed by atoms with Crippen molar-refractivity contribution < 1.29 is 31.1 Å². The zero-order chi connectivity index (χ0) is 16.4. The molecule has 0 amide bonds. The fourth-order valence-corrected chi connectivity index (χ4v) is 1.77. The molecule has 0 aliphatic rings. The molecule has 0 aromatic heterocycles. The van der Waals surface area contributed by atoms with Crippen molar-refractivity contribution in [1.29, 1.82) is 0 Å². The first-order chi connectivity index (χ1) is 8.71. The predicted octanol–water partition coefficient (Wildman–Crippen LogP) is 1.57. The summed E-state index contributed by atoms with van der Waals surface area (Å²) in [6.07, 6.45) is -4.85. The van der Waals surface area contributed by atoms with Gasteiger partial charge in [0, 0.05) is 11.0 Å².